The van der Waals surface area contributed by atoms with E-state index in [1.165, 1.54) is 0 Å². The van der Waals surface area contributed by atoms with Crippen LogP contribution in [0, 0.1) is 0 Å². The van der Waals surface area contributed by atoms with Crippen LogP contribution in [0.25, 0.3) is 0 Å². The van der Waals surface area contributed by atoms with Gasteiger partial charge in [-0.2, -0.15) is 0 Å². The Kier molecular flexibility index (Phi) is 9.13. The zero-order chi connectivity index (χ0) is 18.7. The van der Waals surface area contributed by atoms with Crippen LogP contribution in [0.2, 0.25) is 5.02 Å². The number of hydrogen-bond donors (Lipinski definition) is 3. The van der Waals surface area contributed by atoms with Crippen LogP contribution in [0.15, 0.2) is 29.3 Å². The molecule has 0 aliphatic carbocycles. The summed E-state index contributed by atoms with van der Waals surface area (Å²) in [5.74, 6) is 0.726. The second-order valence-electron chi connectivity index (χ2n) is 6.55. The van der Waals surface area contributed by atoms with Crippen molar-refractivity contribution < 1.29 is 9.53 Å². The van der Waals surface area contributed by atoms with Crippen LogP contribution in [0.1, 0.15) is 32.8 Å². The van der Waals surface area contributed by atoms with E-state index in [2.05, 4.69) is 20.9 Å². The van der Waals surface area contributed by atoms with E-state index in [-0.39, 0.29) is 0 Å². The van der Waals surface area contributed by atoms with Crippen LogP contribution >= 0.6 is 11.6 Å². The number of hydrogen-bond acceptors (Lipinski definition) is 3. The standard InChI is InChI=1S/C18H29ClN4O2/c1-18(2,3)25-17(24)23-12-7-11-21-16(20-4)22-13-10-14-8-5-6-9-15(14)19/h5-6,8-9H,7,10-13H2,1-4H3,(H,23,24)(H2,20,21,22). The molecule has 0 aromatic heterocycles. The van der Waals surface area contributed by atoms with Crippen molar-refractivity contribution in [1.82, 2.24) is 16.0 Å². The highest BCUT2D eigenvalue weighted by Gasteiger charge is 2.15. The summed E-state index contributed by atoms with van der Waals surface area (Å²) in [6.45, 7) is 7.49. The molecule has 0 radical (unpaired) electrons. The van der Waals surface area contributed by atoms with Crippen molar-refractivity contribution in [3.8, 4) is 0 Å². The Morgan fingerprint density at radius 3 is 2.40 bits per heavy atom. The molecule has 1 amide bonds. The van der Waals surface area contributed by atoms with Gasteiger partial charge in [-0.1, -0.05) is 29.8 Å². The molecule has 0 aliphatic heterocycles. The molecule has 0 spiro atoms. The average Bonchev–Trinajstić information content (AvgIpc) is 2.53. The number of halogens is 1. The summed E-state index contributed by atoms with van der Waals surface area (Å²) in [5, 5.41) is 9.95. The van der Waals surface area contributed by atoms with Crippen LogP contribution in [0.4, 0.5) is 4.79 Å². The molecule has 1 aromatic carbocycles. The second-order valence-corrected chi connectivity index (χ2v) is 6.96. The van der Waals surface area contributed by atoms with Gasteiger partial charge in [-0.25, -0.2) is 4.79 Å². The van der Waals surface area contributed by atoms with E-state index in [0.717, 1.165) is 35.9 Å². The molecule has 0 aliphatic rings. The molecule has 1 aromatic rings. The Balaban J connectivity index is 2.16. The van der Waals surface area contributed by atoms with Crippen LogP contribution in [-0.4, -0.2) is 44.3 Å². The molecule has 0 fully saturated rings. The maximum Gasteiger partial charge on any atom is 0.407 e. The smallest absolute Gasteiger partial charge is 0.407 e. The molecule has 3 N–H and O–H groups in total. The number of ether oxygens (including phenoxy) is 1. The summed E-state index contributed by atoms with van der Waals surface area (Å²) < 4.78 is 5.17. The second kappa shape index (κ2) is 10.8. The number of nitrogens with one attached hydrogen (secondary N) is 3. The molecular formula is C18H29ClN4O2. The van der Waals surface area contributed by atoms with Crippen molar-refractivity contribution in [1.29, 1.82) is 0 Å². The number of alkyl carbamates (subject to hydrolysis) is 1. The van der Waals surface area contributed by atoms with Crippen molar-refractivity contribution in [2.45, 2.75) is 39.2 Å². The topological polar surface area (TPSA) is 74.8 Å². The van der Waals surface area contributed by atoms with Crippen LogP contribution in [0.5, 0.6) is 0 Å². The Labute approximate surface area is 155 Å². The Morgan fingerprint density at radius 1 is 1.12 bits per heavy atom. The molecule has 0 heterocycles. The van der Waals surface area contributed by atoms with Gasteiger partial charge in [0.05, 0.1) is 0 Å². The minimum absolute atomic E-state index is 0.394. The summed E-state index contributed by atoms with van der Waals surface area (Å²) in [7, 11) is 1.73. The lowest BCUT2D eigenvalue weighted by atomic mass is 10.1. The lowest BCUT2D eigenvalue weighted by Crippen LogP contribution is -2.40. The van der Waals surface area contributed by atoms with Gasteiger partial charge in [-0.15, -0.1) is 0 Å². The largest absolute Gasteiger partial charge is 0.444 e. The fourth-order valence-corrected chi connectivity index (χ4v) is 2.27. The van der Waals surface area contributed by atoms with Gasteiger partial charge in [0.15, 0.2) is 5.96 Å². The number of benzene rings is 1. The van der Waals surface area contributed by atoms with Gasteiger partial charge in [-0.05, 0) is 45.2 Å². The van der Waals surface area contributed by atoms with Gasteiger partial charge in [0.2, 0.25) is 0 Å². The molecule has 0 bridgehead atoms. The van der Waals surface area contributed by atoms with E-state index in [1.54, 1.807) is 7.05 Å². The van der Waals surface area contributed by atoms with Crippen LogP contribution in [0.3, 0.4) is 0 Å². The highest BCUT2D eigenvalue weighted by molar-refractivity contribution is 6.31. The van der Waals surface area contributed by atoms with E-state index >= 15 is 0 Å². The molecule has 1 rings (SSSR count). The fraction of sp³-hybridized carbons (Fsp3) is 0.556. The van der Waals surface area contributed by atoms with Crippen molar-refractivity contribution in [2.24, 2.45) is 4.99 Å². The molecule has 0 saturated heterocycles. The fourth-order valence-electron chi connectivity index (χ4n) is 2.04. The number of guanidine groups is 1. The van der Waals surface area contributed by atoms with Gasteiger partial charge in [-0.3, -0.25) is 4.99 Å². The first-order valence-corrected chi connectivity index (χ1v) is 8.84. The van der Waals surface area contributed by atoms with Gasteiger partial charge in [0, 0.05) is 31.7 Å². The van der Waals surface area contributed by atoms with E-state index in [0.29, 0.717) is 13.1 Å². The summed E-state index contributed by atoms with van der Waals surface area (Å²) in [4.78, 5) is 15.7. The molecule has 0 saturated carbocycles. The van der Waals surface area contributed by atoms with Crippen LogP contribution in [-0.2, 0) is 11.2 Å². The van der Waals surface area contributed by atoms with Gasteiger partial charge >= 0.3 is 6.09 Å². The summed E-state index contributed by atoms with van der Waals surface area (Å²) in [5.41, 5.74) is 0.629. The zero-order valence-corrected chi connectivity index (χ0v) is 16.2. The van der Waals surface area contributed by atoms with Gasteiger partial charge < -0.3 is 20.7 Å². The zero-order valence-electron chi connectivity index (χ0n) is 15.5. The van der Waals surface area contributed by atoms with E-state index in [9.17, 15) is 4.79 Å². The molecular weight excluding hydrogens is 340 g/mol. The first kappa shape index (κ1) is 21.1. The highest BCUT2D eigenvalue weighted by Crippen LogP contribution is 2.14. The van der Waals surface area contributed by atoms with Crippen molar-refractivity contribution in [3.05, 3.63) is 34.9 Å². The van der Waals surface area contributed by atoms with E-state index in [1.807, 2.05) is 45.0 Å². The predicted octanol–water partition coefficient (Wildman–Crippen LogP) is 2.96. The quantitative estimate of drug-likeness (QED) is 0.393. The molecule has 6 nitrogen and oxygen atoms in total. The number of aliphatic imine (C=N–C) groups is 1. The average molecular weight is 369 g/mol. The first-order valence-electron chi connectivity index (χ1n) is 8.46. The Bertz CT molecular complexity index is 570. The normalized spacial score (nSPS) is 11.8. The first-order chi connectivity index (χ1) is 11.8. The van der Waals surface area contributed by atoms with Crippen molar-refractivity contribution in [3.63, 3.8) is 0 Å². The number of rotatable bonds is 7. The van der Waals surface area contributed by atoms with Crippen molar-refractivity contribution >= 4 is 23.7 Å². The third kappa shape index (κ3) is 9.82. The highest BCUT2D eigenvalue weighted by atomic mass is 35.5. The third-order valence-electron chi connectivity index (χ3n) is 3.18. The van der Waals surface area contributed by atoms with Crippen molar-refractivity contribution in [2.75, 3.05) is 26.7 Å². The van der Waals surface area contributed by atoms with Gasteiger partial charge in [0.25, 0.3) is 0 Å². The SMILES string of the molecule is CN=C(NCCCNC(=O)OC(C)(C)C)NCCc1ccccc1Cl. The number of amides is 1. The van der Waals surface area contributed by atoms with E-state index < -0.39 is 11.7 Å². The summed E-state index contributed by atoms with van der Waals surface area (Å²) in [6, 6.07) is 7.81. The maximum absolute atomic E-state index is 11.5. The predicted molar refractivity (Wildman–Crippen MR) is 103 cm³/mol. The lowest BCUT2D eigenvalue weighted by Gasteiger charge is -2.19. The maximum atomic E-state index is 11.5. The lowest BCUT2D eigenvalue weighted by molar-refractivity contribution is 0.0527. The van der Waals surface area contributed by atoms with E-state index in [4.69, 9.17) is 16.3 Å². The molecule has 25 heavy (non-hydrogen) atoms. The third-order valence-corrected chi connectivity index (χ3v) is 3.55. The molecule has 0 unspecified atom stereocenters. The molecule has 0 atom stereocenters. The Hall–Kier alpha value is -1.95. The summed E-state index contributed by atoms with van der Waals surface area (Å²) >= 11 is 6.14. The minimum atomic E-state index is -0.476. The molecule has 140 valence electrons. The number of carbonyl (C=O) groups is 1. The molecule has 7 heteroatoms. The van der Waals surface area contributed by atoms with Crippen LogP contribution < -0.4 is 16.0 Å². The Morgan fingerprint density at radius 2 is 1.76 bits per heavy atom. The minimum Gasteiger partial charge on any atom is -0.444 e. The summed E-state index contributed by atoms with van der Waals surface area (Å²) in [6.07, 6.45) is 1.19. The van der Waals surface area contributed by atoms with Gasteiger partial charge in [0.1, 0.15) is 5.60 Å². The monoisotopic (exact) mass is 368 g/mol. The number of carbonyl (C=O) groups excluding carboxylic acids is 1. The number of nitrogens with zero attached hydrogens (tertiary/aromatic N) is 1.